The number of nitrogens with zero attached hydrogens (tertiary/aromatic N) is 2. The van der Waals surface area contributed by atoms with Crippen molar-refractivity contribution in [3.05, 3.63) is 18.0 Å². The summed E-state index contributed by atoms with van der Waals surface area (Å²) in [6.07, 6.45) is 2.84. The van der Waals surface area contributed by atoms with Crippen LogP contribution in [0, 0.1) is 5.92 Å². The first-order chi connectivity index (χ1) is 9.38. The van der Waals surface area contributed by atoms with Crippen LogP contribution >= 0.6 is 0 Å². The highest BCUT2D eigenvalue weighted by Gasteiger charge is 2.20. The summed E-state index contributed by atoms with van der Waals surface area (Å²) in [5.41, 5.74) is 0.879. The van der Waals surface area contributed by atoms with Crippen LogP contribution in [0.25, 0.3) is 0 Å². The summed E-state index contributed by atoms with van der Waals surface area (Å²) >= 11 is 0. The maximum Gasteiger partial charge on any atom is 0.326 e. The summed E-state index contributed by atoms with van der Waals surface area (Å²) < 4.78 is 1.69. The van der Waals surface area contributed by atoms with Gasteiger partial charge in [0.1, 0.15) is 6.04 Å². The zero-order valence-electron chi connectivity index (χ0n) is 12.1. The molecule has 20 heavy (non-hydrogen) atoms. The van der Waals surface area contributed by atoms with E-state index in [1.807, 2.05) is 33.2 Å². The summed E-state index contributed by atoms with van der Waals surface area (Å²) in [7, 11) is 1.83. The molecule has 3 N–H and O–H groups in total. The standard InChI is InChI=1S/C13H22N4O3/c1-9(2)8-11(12(18)19)15-13(20)14-6-4-10-5-7-17(3)16-10/h5,7,9,11H,4,6,8H2,1-3H3,(H,18,19)(H2,14,15,20). The number of urea groups is 1. The van der Waals surface area contributed by atoms with Crippen molar-refractivity contribution in [1.29, 1.82) is 0 Å². The van der Waals surface area contributed by atoms with Gasteiger partial charge in [-0.15, -0.1) is 0 Å². The predicted molar refractivity (Wildman–Crippen MR) is 74.3 cm³/mol. The third-order valence-corrected chi connectivity index (χ3v) is 2.75. The summed E-state index contributed by atoms with van der Waals surface area (Å²) in [6, 6.07) is 0.553. The number of carboxylic acids is 1. The number of carbonyl (C=O) groups excluding carboxylic acids is 1. The van der Waals surface area contributed by atoms with E-state index in [0.717, 1.165) is 5.69 Å². The highest BCUT2D eigenvalue weighted by Crippen LogP contribution is 2.04. The fraction of sp³-hybridized carbons (Fsp3) is 0.615. The van der Waals surface area contributed by atoms with Crippen LogP contribution < -0.4 is 10.6 Å². The lowest BCUT2D eigenvalue weighted by Crippen LogP contribution is -2.47. The molecule has 7 nitrogen and oxygen atoms in total. The van der Waals surface area contributed by atoms with Crippen LogP contribution in [0.2, 0.25) is 0 Å². The quantitative estimate of drug-likeness (QED) is 0.688. The van der Waals surface area contributed by atoms with Gasteiger partial charge in [0.15, 0.2) is 0 Å². The van der Waals surface area contributed by atoms with Gasteiger partial charge in [0.05, 0.1) is 5.69 Å². The SMILES string of the molecule is CC(C)CC(NC(=O)NCCc1ccn(C)n1)C(=O)O. The maximum absolute atomic E-state index is 11.6. The number of rotatable bonds is 7. The van der Waals surface area contributed by atoms with Gasteiger partial charge < -0.3 is 15.7 Å². The van der Waals surface area contributed by atoms with Crippen LogP contribution in [0.1, 0.15) is 26.0 Å². The average molecular weight is 282 g/mol. The van der Waals surface area contributed by atoms with Crippen molar-refractivity contribution in [2.24, 2.45) is 13.0 Å². The van der Waals surface area contributed by atoms with Crippen LogP contribution in [-0.4, -0.2) is 39.5 Å². The molecule has 0 saturated carbocycles. The van der Waals surface area contributed by atoms with Crippen molar-refractivity contribution in [3.8, 4) is 0 Å². The molecule has 0 bridgehead atoms. The number of nitrogens with one attached hydrogen (secondary N) is 2. The molecular formula is C13H22N4O3. The third-order valence-electron chi connectivity index (χ3n) is 2.75. The van der Waals surface area contributed by atoms with E-state index in [2.05, 4.69) is 15.7 Å². The molecule has 0 aliphatic carbocycles. The molecule has 7 heteroatoms. The van der Waals surface area contributed by atoms with Crippen LogP contribution in [0.5, 0.6) is 0 Å². The van der Waals surface area contributed by atoms with E-state index in [1.54, 1.807) is 4.68 Å². The van der Waals surface area contributed by atoms with Gasteiger partial charge in [-0.25, -0.2) is 9.59 Å². The van der Waals surface area contributed by atoms with Gasteiger partial charge in [-0.1, -0.05) is 13.8 Å². The van der Waals surface area contributed by atoms with E-state index in [9.17, 15) is 9.59 Å². The van der Waals surface area contributed by atoms with Crippen molar-refractivity contribution in [3.63, 3.8) is 0 Å². The molecule has 0 spiro atoms. The first-order valence-electron chi connectivity index (χ1n) is 6.64. The fourth-order valence-corrected chi connectivity index (χ4v) is 1.80. The predicted octanol–water partition coefficient (Wildman–Crippen LogP) is 0.761. The normalized spacial score (nSPS) is 12.2. The molecule has 1 heterocycles. The highest BCUT2D eigenvalue weighted by atomic mass is 16.4. The zero-order valence-corrected chi connectivity index (χ0v) is 12.1. The Morgan fingerprint density at radius 2 is 2.15 bits per heavy atom. The minimum atomic E-state index is -1.02. The number of carboxylic acid groups (broad SMARTS) is 1. The smallest absolute Gasteiger partial charge is 0.326 e. The molecule has 2 amide bonds. The maximum atomic E-state index is 11.6. The van der Waals surface area contributed by atoms with Crippen molar-refractivity contribution >= 4 is 12.0 Å². The minimum absolute atomic E-state index is 0.199. The first kappa shape index (κ1) is 16.0. The van der Waals surface area contributed by atoms with Crippen LogP contribution in [0.15, 0.2) is 12.3 Å². The van der Waals surface area contributed by atoms with E-state index in [0.29, 0.717) is 19.4 Å². The molecule has 0 aliphatic rings. The Bertz CT molecular complexity index is 456. The number of aliphatic carboxylic acids is 1. The number of aryl methyl sites for hydroxylation is 1. The number of amides is 2. The molecule has 1 atom stereocenters. The van der Waals surface area contributed by atoms with E-state index in [4.69, 9.17) is 5.11 Å². The summed E-state index contributed by atoms with van der Waals surface area (Å²) in [5, 5.41) is 18.3. The Morgan fingerprint density at radius 1 is 1.45 bits per heavy atom. The Hall–Kier alpha value is -2.05. The minimum Gasteiger partial charge on any atom is -0.480 e. The fourth-order valence-electron chi connectivity index (χ4n) is 1.80. The van der Waals surface area contributed by atoms with Crippen LogP contribution in [0.4, 0.5) is 4.79 Å². The highest BCUT2D eigenvalue weighted by molar-refractivity contribution is 5.82. The monoisotopic (exact) mass is 282 g/mol. The van der Waals surface area contributed by atoms with Gasteiger partial charge in [-0.05, 0) is 18.4 Å². The second kappa shape index (κ2) is 7.52. The lowest BCUT2D eigenvalue weighted by atomic mass is 10.0. The lowest BCUT2D eigenvalue weighted by molar-refractivity contribution is -0.139. The Labute approximate surface area is 118 Å². The Kier molecular flexibility index (Phi) is 6.02. The Balaban J connectivity index is 2.32. The molecular weight excluding hydrogens is 260 g/mol. The van der Waals surface area contributed by atoms with Crippen LogP contribution in [0.3, 0.4) is 0 Å². The largest absolute Gasteiger partial charge is 0.480 e. The summed E-state index contributed by atoms with van der Waals surface area (Å²) in [6.45, 7) is 4.24. The molecule has 1 aromatic heterocycles. The molecule has 112 valence electrons. The van der Waals surface area contributed by atoms with E-state index < -0.39 is 18.0 Å². The van der Waals surface area contributed by atoms with Gasteiger partial charge in [0, 0.05) is 26.2 Å². The first-order valence-corrected chi connectivity index (χ1v) is 6.64. The number of carbonyl (C=O) groups is 2. The molecule has 0 radical (unpaired) electrons. The molecule has 0 fully saturated rings. The van der Waals surface area contributed by atoms with Crippen molar-refractivity contribution < 1.29 is 14.7 Å². The van der Waals surface area contributed by atoms with E-state index >= 15 is 0 Å². The number of hydrogen-bond donors (Lipinski definition) is 3. The molecule has 0 aliphatic heterocycles. The van der Waals surface area contributed by atoms with Crippen molar-refractivity contribution in [2.45, 2.75) is 32.7 Å². The third kappa shape index (κ3) is 5.73. The van der Waals surface area contributed by atoms with E-state index in [1.165, 1.54) is 0 Å². The summed E-state index contributed by atoms with van der Waals surface area (Å²) in [4.78, 5) is 22.6. The topological polar surface area (TPSA) is 96.3 Å². The van der Waals surface area contributed by atoms with Gasteiger partial charge in [0.2, 0.25) is 0 Å². The van der Waals surface area contributed by atoms with Gasteiger partial charge >= 0.3 is 12.0 Å². The second-order valence-corrected chi connectivity index (χ2v) is 5.15. The lowest BCUT2D eigenvalue weighted by Gasteiger charge is -2.16. The van der Waals surface area contributed by atoms with Crippen molar-refractivity contribution in [2.75, 3.05) is 6.54 Å². The van der Waals surface area contributed by atoms with Gasteiger partial charge in [-0.3, -0.25) is 4.68 Å². The summed E-state index contributed by atoms with van der Waals surface area (Å²) in [5.74, 6) is -0.816. The zero-order chi connectivity index (χ0) is 15.1. The Morgan fingerprint density at radius 3 is 2.65 bits per heavy atom. The number of hydrogen-bond acceptors (Lipinski definition) is 3. The van der Waals surface area contributed by atoms with Gasteiger partial charge in [-0.2, -0.15) is 5.10 Å². The van der Waals surface area contributed by atoms with Crippen molar-refractivity contribution in [1.82, 2.24) is 20.4 Å². The average Bonchev–Trinajstić information content (AvgIpc) is 2.73. The van der Waals surface area contributed by atoms with Crippen LogP contribution in [-0.2, 0) is 18.3 Å². The van der Waals surface area contributed by atoms with E-state index in [-0.39, 0.29) is 5.92 Å². The van der Waals surface area contributed by atoms with Gasteiger partial charge in [0.25, 0.3) is 0 Å². The molecule has 0 aromatic carbocycles. The molecule has 1 rings (SSSR count). The second-order valence-electron chi connectivity index (χ2n) is 5.15. The molecule has 0 saturated heterocycles. The molecule has 1 unspecified atom stereocenters. The molecule has 1 aromatic rings. The number of aromatic nitrogens is 2.